The molecule has 2 fully saturated rings. The minimum atomic E-state index is -0.107. The molecule has 7 heteroatoms. The molecule has 2 aliphatic heterocycles. The second kappa shape index (κ2) is 10.7. The molecule has 3 aromatic rings. The minimum absolute atomic E-state index is 0.00536. The Balaban J connectivity index is 1.18. The second-order valence-corrected chi connectivity index (χ2v) is 10.7. The van der Waals surface area contributed by atoms with Gasteiger partial charge in [-0.3, -0.25) is 14.6 Å². The van der Waals surface area contributed by atoms with Gasteiger partial charge in [0.2, 0.25) is 5.91 Å². The van der Waals surface area contributed by atoms with Crippen LogP contribution in [0.1, 0.15) is 46.6 Å². The van der Waals surface area contributed by atoms with E-state index < -0.39 is 0 Å². The van der Waals surface area contributed by atoms with Gasteiger partial charge < -0.3 is 9.80 Å². The maximum absolute atomic E-state index is 13.4. The van der Waals surface area contributed by atoms with Crippen LogP contribution in [0.25, 0.3) is 10.6 Å². The lowest BCUT2D eigenvalue weighted by molar-refractivity contribution is -0.138. The number of carbonyl (C=O) groups excluding carboxylic acids is 2. The van der Waals surface area contributed by atoms with Crippen LogP contribution in [-0.2, 0) is 11.2 Å². The molecule has 0 N–H and O–H groups in total. The van der Waals surface area contributed by atoms with Crippen LogP contribution in [0.2, 0.25) is 0 Å². The van der Waals surface area contributed by atoms with E-state index in [1.165, 1.54) is 16.9 Å². The Hall–Kier alpha value is -3.06. The van der Waals surface area contributed by atoms with Crippen LogP contribution in [0, 0.1) is 18.8 Å². The number of amides is 2. The van der Waals surface area contributed by atoms with Gasteiger partial charge in [-0.05, 0) is 62.6 Å². The van der Waals surface area contributed by atoms with Gasteiger partial charge in [0.25, 0.3) is 5.91 Å². The Bertz CT molecular complexity index is 1160. The summed E-state index contributed by atoms with van der Waals surface area (Å²) in [6, 6.07) is 14.5. The molecular weight excluding hydrogens is 456 g/mol. The molecule has 2 aromatic heterocycles. The first-order valence-corrected chi connectivity index (χ1v) is 13.4. The van der Waals surface area contributed by atoms with Crippen LogP contribution in [0.15, 0.2) is 54.9 Å². The van der Waals surface area contributed by atoms with Crippen molar-refractivity contribution < 1.29 is 9.59 Å². The van der Waals surface area contributed by atoms with Gasteiger partial charge in [0.05, 0.1) is 11.6 Å². The summed E-state index contributed by atoms with van der Waals surface area (Å²) in [6.07, 6.45) is 8.40. The zero-order valence-electron chi connectivity index (χ0n) is 20.2. The number of piperidine rings is 2. The van der Waals surface area contributed by atoms with Gasteiger partial charge in [0.1, 0.15) is 9.88 Å². The number of hydrogen-bond donors (Lipinski definition) is 0. The lowest BCUT2D eigenvalue weighted by Gasteiger charge is -2.38. The van der Waals surface area contributed by atoms with Gasteiger partial charge in [0, 0.05) is 44.1 Å². The molecule has 0 bridgehead atoms. The Morgan fingerprint density at radius 3 is 2.54 bits per heavy atom. The van der Waals surface area contributed by atoms with E-state index in [2.05, 4.69) is 40.3 Å². The number of aryl methyl sites for hydroxylation is 1. The monoisotopic (exact) mass is 488 g/mol. The maximum atomic E-state index is 13.4. The molecule has 0 aliphatic carbocycles. The minimum Gasteiger partial charge on any atom is -0.342 e. The van der Waals surface area contributed by atoms with Crippen LogP contribution >= 0.6 is 11.3 Å². The Morgan fingerprint density at radius 1 is 1.00 bits per heavy atom. The number of hydrogen-bond acceptors (Lipinski definition) is 5. The molecule has 35 heavy (non-hydrogen) atoms. The van der Waals surface area contributed by atoms with Crippen molar-refractivity contribution in [3.05, 3.63) is 71.0 Å². The zero-order valence-corrected chi connectivity index (χ0v) is 21.0. The summed E-state index contributed by atoms with van der Waals surface area (Å²) in [4.78, 5) is 40.1. The molecule has 1 unspecified atom stereocenters. The summed E-state index contributed by atoms with van der Waals surface area (Å²) in [5.41, 5.74) is 3.04. The molecule has 0 saturated carbocycles. The first-order valence-electron chi connectivity index (χ1n) is 12.6. The Morgan fingerprint density at radius 2 is 1.80 bits per heavy atom. The van der Waals surface area contributed by atoms with E-state index in [0.717, 1.165) is 61.5 Å². The molecular formula is C28H32N4O2S. The molecule has 2 amide bonds. The molecule has 5 rings (SSSR count). The lowest BCUT2D eigenvalue weighted by atomic mass is 9.89. The first kappa shape index (κ1) is 23.7. The Labute approximate surface area is 211 Å². The second-order valence-electron chi connectivity index (χ2n) is 9.72. The maximum Gasteiger partial charge on any atom is 0.265 e. The summed E-state index contributed by atoms with van der Waals surface area (Å²) in [5, 5.41) is 0.807. The third kappa shape index (κ3) is 5.45. The summed E-state index contributed by atoms with van der Waals surface area (Å²) in [7, 11) is 0. The van der Waals surface area contributed by atoms with Crippen molar-refractivity contribution >= 4 is 23.2 Å². The van der Waals surface area contributed by atoms with Crippen molar-refractivity contribution in [2.24, 2.45) is 11.8 Å². The van der Waals surface area contributed by atoms with Crippen LogP contribution in [0.4, 0.5) is 0 Å². The van der Waals surface area contributed by atoms with Gasteiger partial charge in [-0.1, -0.05) is 30.3 Å². The van der Waals surface area contributed by atoms with E-state index in [0.29, 0.717) is 23.9 Å². The van der Waals surface area contributed by atoms with Crippen LogP contribution in [0.5, 0.6) is 0 Å². The number of rotatable bonds is 5. The van der Waals surface area contributed by atoms with Gasteiger partial charge in [0.15, 0.2) is 0 Å². The molecule has 2 saturated heterocycles. The van der Waals surface area contributed by atoms with Gasteiger partial charge >= 0.3 is 0 Å². The number of likely N-dealkylation sites (tertiary alicyclic amines) is 2. The van der Waals surface area contributed by atoms with Crippen LogP contribution < -0.4 is 0 Å². The van der Waals surface area contributed by atoms with Gasteiger partial charge in [-0.2, -0.15) is 0 Å². The van der Waals surface area contributed by atoms with Gasteiger partial charge in [-0.25, -0.2) is 4.98 Å². The van der Waals surface area contributed by atoms with E-state index >= 15 is 0 Å². The topological polar surface area (TPSA) is 66.4 Å². The molecule has 4 heterocycles. The highest BCUT2D eigenvalue weighted by Crippen LogP contribution is 2.30. The number of aromatic nitrogens is 2. The molecule has 2 aliphatic rings. The number of nitrogens with zero attached hydrogens (tertiary/aromatic N) is 4. The molecule has 6 nitrogen and oxygen atoms in total. The molecule has 1 atom stereocenters. The highest BCUT2D eigenvalue weighted by atomic mass is 32.1. The predicted octanol–water partition coefficient (Wildman–Crippen LogP) is 4.85. The van der Waals surface area contributed by atoms with E-state index in [9.17, 15) is 9.59 Å². The number of carbonyl (C=O) groups is 2. The van der Waals surface area contributed by atoms with E-state index in [1.807, 2.05) is 28.9 Å². The van der Waals surface area contributed by atoms with E-state index in [4.69, 9.17) is 0 Å². The number of pyridine rings is 1. The SMILES string of the molecule is Cc1nc(-c2cccnc2)sc1C(=O)N1CCCC(C(=O)N2CCC(Cc3ccccc3)CC2)C1. The third-order valence-corrected chi connectivity index (χ3v) is 8.45. The molecule has 0 radical (unpaired) electrons. The van der Waals surface area contributed by atoms with Gasteiger partial charge in [-0.15, -0.1) is 11.3 Å². The number of benzene rings is 1. The van der Waals surface area contributed by atoms with Crippen LogP contribution in [-0.4, -0.2) is 57.8 Å². The molecule has 1 aromatic carbocycles. The largest absolute Gasteiger partial charge is 0.342 e. The number of thiazole rings is 1. The fourth-order valence-electron chi connectivity index (χ4n) is 5.28. The molecule has 0 spiro atoms. The molecule has 182 valence electrons. The summed E-state index contributed by atoms with van der Waals surface area (Å²) in [6.45, 7) is 4.73. The van der Waals surface area contributed by atoms with Crippen molar-refractivity contribution in [1.82, 2.24) is 19.8 Å². The quantitative estimate of drug-likeness (QED) is 0.515. The highest BCUT2D eigenvalue weighted by molar-refractivity contribution is 7.17. The van der Waals surface area contributed by atoms with Crippen LogP contribution in [0.3, 0.4) is 0 Å². The highest BCUT2D eigenvalue weighted by Gasteiger charge is 2.34. The average Bonchev–Trinajstić information content (AvgIpc) is 3.31. The summed E-state index contributed by atoms with van der Waals surface area (Å²) >= 11 is 1.42. The van der Waals surface area contributed by atoms with Crippen molar-refractivity contribution in [2.45, 2.75) is 39.0 Å². The summed E-state index contributed by atoms with van der Waals surface area (Å²) < 4.78 is 0. The fraction of sp³-hybridized carbons (Fsp3) is 0.429. The summed E-state index contributed by atoms with van der Waals surface area (Å²) in [5.74, 6) is 0.741. The van der Waals surface area contributed by atoms with Crippen molar-refractivity contribution in [2.75, 3.05) is 26.2 Å². The van der Waals surface area contributed by atoms with E-state index in [1.54, 1.807) is 12.4 Å². The fourth-order valence-corrected chi connectivity index (χ4v) is 6.30. The average molecular weight is 489 g/mol. The first-order chi connectivity index (χ1) is 17.1. The normalized spacial score (nSPS) is 19.1. The third-order valence-electron chi connectivity index (χ3n) is 7.25. The van der Waals surface area contributed by atoms with Crippen molar-refractivity contribution in [3.8, 4) is 10.6 Å². The van der Waals surface area contributed by atoms with E-state index in [-0.39, 0.29) is 17.7 Å². The smallest absolute Gasteiger partial charge is 0.265 e. The standard InChI is InChI=1S/C28H32N4O2S/c1-20-25(35-26(30-20)23-9-5-13-29-18-23)28(34)32-14-6-10-24(19-32)27(33)31-15-11-22(12-16-31)17-21-7-3-2-4-8-21/h2-5,7-9,13,18,22,24H,6,10-12,14-17,19H2,1H3. The van der Waals surface area contributed by atoms with Crippen molar-refractivity contribution in [1.29, 1.82) is 0 Å². The zero-order chi connectivity index (χ0) is 24.2. The predicted molar refractivity (Wildman–Crippen MR) is 138 cm³/mol. The van der Waals surface area contributed by atoms with Crippen molar-refractivity contribution in [3.63, 3.8) is 0 Å². The Kier molecular flexibility index (Phi) is 7.23. The lowest BCUT2D eigenvalue weighted by Crippen LogP contribution is -2.48.